The average Bonchev–Trinajstić information content (AvgIpc) is 2.04. The highest BCUT2D eigenvalue weighted by atomic mass is 14.7. The normalized spacial score (nSPS) is 46.5. The van der Waals surface area contributed by atoms with Gasteiger partial charge in [-0.2, -0.15) is 0 Å². The highest BCUT2D eigenvalue weighted by Crippen LogP contribution is 2.61. The molecule has 0 saturated heterocycles. The van der Waals surface area contributed by atoms with Gasteiger partial charge in [-0.1, -0.05) is 13.8 Å². The third-order valence-electron chi connectivity index (χ3n) is 4.59. The Morgan fingerprint density at radius 3 is 2.33 bits per heavy atom. The van der Waals surface area contributed by atoms with Gasteiger partial charge in [0.2, 0.25) is 0 Å². The van der Waals surface area contributed by atoms with Gasteiger partial charge in [-0.15, -0.1) is 0 Å². The van der Waals surface area contributed by atoms with Gasteiger partial charge in [0.1, 0.15) is 0 Å². The van der Waals surface area contributed by atoms with Crippen molar-refractivity contribution >= 4 is 0 Å². The molecule has 70 valence electrons. The Bertz CT molecular complexity index is 179. The Labute approximate surface area is 75.7 Å². The first kappa shape index (κ1) is 8.55. The molecule has 2 bridgehead atoms. The Balaban J connectivity index is 2.11. The SMILES string of the molecule is C[C@H](N)C1CCC2CC1C2(C)C. The van der Waals surface area contributed by atoms with E-state index in [-0.39, 0.29) is 0 Å². The van der Waals surface area contributed by atoms with Gasteiger partial charge in [-0.3, -0.25) is 0 Å². The van der Waals surface area contributed by atoms with E-state index >= 15 is 0 Å². The van der Waals surface area contributed by atoms with Gasteiger partial charge in [0, 0.05) is 6.04 Å². The maximum Gasteiger partial charge on any atom is 0.00416 e. The van der Waals surface area contributed by atoms with E-state index in [1.165, 1.54) is 19.3 Å². The van der Waals surface area contributed by atoms with Crippen molar-refractivity contribution in [2.45, 2.75) is 46.1 Å². The molecule has 3 rings (SSSR count). The molecule has 3 saturated carbocycles. The van der Waals surface area contributed by atoms with Gasteiger partial charge < -0.3 is 5.73 Å². The second-order valence-electron chi connectivity index (χ2n) is 5.46. The van der Waals surface area contributed by atoms with Crippen LogP contribution in [0.5, 0.6) is 0 Å². The minimum Gasteiger partial charge on any atom is -0.328 e. The molecule has 0 aliphatic heterocycles. The molecule has 3 aliphatic carbocycles. The molecule has 2 N–H and O–H groups in total. The zero-order chi connectivity index (χ0) is 8.93. The largest absolute Gasteiger partial charge is 0.328 e. The number of hydrogen-bond donors (Lipinski definition) is 1. The van der Waals surface area contributed by atoms with Crippen molar-refractivity contribution in [3.8, 4) is 0 Å². The van der Waals surface area contributed by atoms with E-state index in [0.29, 0.717) is 11.5 Å². The minimum atomic E-state index is 0.413. The van der Waals surface area contributed by atoms with Crippen molar-refractivity contribution in [2.75, 3.05) is 0 Å². The van der Waals surface area contributed by atoms with Crippen LogP contribution >= 0.6 is 0 Å². The maximum atomic E-state index is 6.00. The molecule has 0 aromatic rings. The Kier molecular flexibility index (Phi) is 1.76. The third-order valence-corrected chi connectivity index (χ3v) is 4.59. The van der Waals surface area contributed by atoms with Crippen LogP contribution in [-0.2, 0) is 0 Å². The second kappa shape index (κ2) is 2.47. The molecule has 0 amide bonds. The number of rotatable bonds is 1. The van der Waals surface area contributed by atoms with E-state index < -0.39 is 0 Å². The molecule has 4 atom stereocenters. The van der Waals surface area contributed by atoms with Crippen LogP contribution in [0.25, 0.3) is 0 Å². The lowest BCUT2D eigenvalue weighted by Crippen LogP contribution is -2.55. The van der Waals surface area contributed by atoms with Crippen LogP contribution in [-0.4, -0.2) is 6.04 Å². The molecular weight excluding hydrogens is 146 g/mol. The summed E-state index contributed by atoms with van der Waals surface area (Å²) in [7, 11) is 0. The molecule has 1 heteroatoms. The molecule has 0 aromatic heterocycles. The van der Waals surface area contributed by atoms with Gasteiger partial charge in [0.05, 0.1) is 0 Å². The predicted molar refractivity (Wildman–Crippen MR) is 51.8 cm³/mol. The fourth-order valence-electron chi connectivity index (χ4n) is 3.50. The average molecular weight is 167 g/mol. The molecule has 0 radical (unpaired) electrons. The van der Waals surface area contributed by atoms with Crippen molar-refractivity contribution in [1.82, 2.24) is 0 Å². The minimum absolute atomic E-state index is 0.413. The first-order valence-electron chi connectivity index (χ1n) is 5.29. The lowest BCUT2D eigenvalue weighted by atomic mass is 9.45. The lowest BCUT2D eigenvalue weighted by molar-refractivity contribution is -0.109. The summed E-state index contributed by atoms with van der Waals surface area (Å²) in [5.74, 6) is 2.75. The van der Waals surface area contributed by atoms with Crippen molar-refractivity contribution in [1.29, 1.82) is 0 Å². The van der Waals surface area contributed by atoms with Crippen LogP contribution in [0.3, 0.4) is 0 Å². The zero-order valence-electron chi connectivity index (χ0n) is 8.51. The van der Waals surface area contributed by atoms with Gasteiger partial charge in [-0.05, 0) is 49.4 Å². The van der Waals surface area contributed by atoms with E-state index in [9.17, 15) is 0 Å². The standard InChI is InChI=1S/C11H21N/c1-7(12)9-5-4-8-6-10(9)11(8,2)3/h7-10H,4-6,12H2,1-3H3/t7-,8?,9?,10?/m0/s1. The van der Waals surface area contributed by atoms with Crippen molar-refractivity contribution in [3.63, 3.8) is 0 Å². The predicted octanol–water partition coefficient (Wildman–Crippen LogP) is 2.41. The molecule has 3 fully saturated rings. The Morgan fingerprint density at radius 1 is 1.33 bits per heavy atom. The van der Waals surface area contributed by atoms with Crippen LogP contribution in [0, 0.1) is 23.2 Å². The van der Waals surface area contributed by atoms with Crippen molar-refractivity contribution < 1.29 is 0 Å². The maximum absolute atomic E-state index is 6.00. The highest BCUT2D eigenvalue weighted by molar-refractivity contribution is 5.04. The summed E-state index contributed by atoms with van der Waals surface area (Å²) in [6.07, 6.45) is 4.27. The molecule has 0 aromatic carbocycles. The summed E-state index contributed by atoms with van der Waals surface area (Å²) >= 11 is 0. The second-order valence-corrected chi connectivity index (χ2v) is 5.46. The summed E-state index contributed by atoms with van der Waals surface area (Å²) in [6, 6.07) is 0.413. The summed E-state index contributed by atoms with van der Waals surface area (Å²) in [6.45, 7) is 7.04. The summed E-state index contributed by atoms with van der Waals surface area (Å²) in [5, 5.41) is 0. The molecule has 0 heterocycles. The highest BCUT2D eigenvalue weighted by Gasteiger charge is 2.54. The van der Waals surface area contributed by atoms with E-state index in [0.717, 1.165) is 17.8 Å². The van der Waals surface area contributed by atoms with E-state index in [1.807, 2.05) is 0 Å². The van der Waals surface area contributed by atoms with E-state index in [4.69, 9.17) is 5.73 Å². The van der Waals surface area contributed by atoms with Gasteiger partial charge >= 0.3 is 0 Å². The van der Waals surface area contributed by atoms with Crippen LogP contribution in [0.15, 0.2) is 0 Å². The number of nitrogens with two attached hydrogens (primary N) is 1. The molecule has 12 heavy (non-hydrogen) atoms. The summed E-state index contributed by atoms with van der Waals surface area (Å²) < 4.78 is 0. The number of fused-ring (bicyclic) bond motifs is 2. The molecule has 3 aliphatic rings. The summed E-state index contributed by atoms with van der Waals surface area (Å²) in [5.41, 5.74) is 6.61. The van der Waals surface area contributed by atoms with Crippen molar-refractivity contribution in [2.24, 2.45) is 28.9 Å². The monoisotopic (exact) mass is 167 g/mol. The molecule has 0 spiro atoms. The first-order chi connectivity index (χ1) is 5.53. The third kappa shape index (κ3) is 0.953. The topological polar surface area (TPSA) is 26.0 Å². The first-order valence-corrected chi connectivity index (χ1v) is 5.29. The zero-order valence-corrected chi connectivity index (χ0v) is 8.51. The Hall–Kier alpha value is -0.0400. The lowest BCUT2D eigenvalue weighted by Gasteiger charge is -2.61. The smallest absolute Gasteiger partial charge is 0.00416 e. The van der Waals surface area contributed by atoms with Gasteiger partial charge in [-0.25, -0.2) is 0 Å². The van der Waals surface area contributed by atoms with Gasteiger partial charge in [0.15, 0.2) is 0 Å². The van der Waals surface area contributed by atoms with Crippen LogP contribution < -0.4 is 5.73 Å². The fraction of sp³-hybridized carbons (Fsp3) is 1.00. The van der Waals surface area contributed by atoms with Crippen LogP contribution in [0.2, 0.25) is 0 Å². The van der Waals surface area contributed by atoms with E-state index in [2.05, 4.69) is 20.8 Å². The van der Waals surface area contributed by atoms with Gasteiger partial charge in [0.25, 0.3) is 0 Å². The van der Waals surface area contributed by atoms with Crippen LogP contribution in [0.1, 0.15) is 40.0 Å². The quantitative estimate of drug-likeness (QED) is 0.637. The molecule has 1 nitrogen and oxygen atoms in total. The van der Waals surface area contributed by atoms with Crippen molar-refractivity contribution in [3.05, 3.63) is 0 Å². The summed E-state index contributed by atoms with van der Waals surface area (Å²) in [4.78, 5) is 0. The van der Waals surface area contributed by atoms with Crippen LogP contribution in [0.4, 0.5) is 0 Å². The fourth-order valence-corrected chi connectivity index (χ4v) is 3.50. The number of hydrogen-bond acceptors (Lipinski definition) is 1. The molecular formula is C11H21N. The van der Waals surface area contributed by atoms with E-state index in [1.54, 1.807) is 0 Å². The molecule has 3 unspecified atom stereocenters. The Morgan fingerprint density at radius 2 is 2.00 bits per heavy atom.